The van der Waals surface area contributed by atoms with Crippen molar-refractivity contribution >= 4 is 17.6 Å². The minimum Gasteiger partial charge on any atom is -0.497 e. The zero-order chi connectivity index (χ0) is 23.0. The normalized spacial score (nSPS) is 25.8. The molecule has 3 fully saturated rings. The lowest BCUT2D eigenvalue weighted by Crippen LogP contribution is -2.40. The van der Waals surface area contributed by atoms with Crippen LogP contribution in [0, 0.1) is 12.8 Å². The van der Waals surface area contributed by atoms with E-state index in [4.69, 9.17) is 9.47 Å². The van der Waals surface area contributed by atoms with Crippen molar-refractivity contribution in [2.75, 3.05) is 38.7 Å². The number of hydrogen-bond donors (Lipinski definition) is 2. The number of carbonyl (C=O) groups excluding carboxylic acids is 2. The van der Waals surface area contributed by atoms with Gasteiger partial charge < -0.3 is 25.0 Å². The van der Waals surface area contributed by atoms with Gasteiger partial charge in [-0.1, -0.05) is 18.2 Å². The fraction of sp³-hybridized carbons (Fsp3) is 0.462. The van der Waals surface area contributed by atoms with Crippen molar-refractivity contribution in [1.82, 2.24) is 10.2 Å². The zero-order valence-corrected chi connectivity index (χ0v) is 19.2. The van der Waals surface area contributed by atoms with Crippen LogP contribution in [-0.4, -0.2) is 56.3 Å². The zero-order valence-electron chi connectivity index (χ0n) is 19.2. The minimum absolute atomic E-state index is 0.0258. The van der Waals surface area contributed by atoms with Crippen LogP contribution in [0.1, 0.15) is 40.7 Å². The topological polar surface area (TPSA) is 79.9 Å². The summed E-state index contributed by atoms with van der Waals surface area (Å²) in [6, 6.07) is 13.7. The number of likely N-dealkylation sites (tertiary alicyclic amines) is 1. The number of ether oxygens (including phenoxy) is 2. The van der Waals surface area contributed by atoms with Crippen molar-refractivity contribution in [3.05, 3.63) is 59.2 Å². The predicted octanol–water partition coefficient (Wildman–Crippen LogP) is 3.72. The molecule has 3 aliphatic rings. The van der Waals surface area contributed by atoms with Gasteiger partial charge in [0.05, 0.1) is 19.8 Å². The van der Waals surface area contributed by atoms with Crippen molar-refractivity contribution in [1.29, 1.82) is 0 Å². The summed E-state index contributed by atoms with van der Waals surface area (Å²) in [4.78, 5) is 27.6. The van der Waals surface area contributed by atoms with Gasteiger partial charge in [-0.15, -0.1) is 0 Å². The standard InChI is InChI=1S/C26H31N3O4/c1-17-3-4-18(13-23(17)28-25(31)27-21-9-12-33-16-21)24(30)29-11-10-26(14-20(26)15-29)19-5-7-22(32-2)8-6-19/h3-8,13,20-21H,9-12,14-16H2,1-2H3,(H2,27,28,31)/t20-,21?,26?/m1/s1. The maximum absolute atomic E-state index is 13.3. The van der Waals surface area contributed by atoms with Crippen LogP contribution in [-0.2, 0) is 10.2 Å². The van der Waals surface area contributed by atoms with Crippen LogP contribution in [0.25, 0.3) is 0 Å². The highest BCUT2D eigenvalue weighted by Gasteiger charge is 2.57. The Bertz CT molecular complexity index is 1050. The Kier molecular flexibility index (Phi) is 5.74. The molecular formula is C26H31N3O4. The molecule has 7 nitrogen and oxygen atoms in total. The van der Waals surface area contributed by atoms with Gasteiger partial charge in [-0.2, -0.15) is 0 Å². The summed E-state index contributed by atoms with van der Waals surface area (Å²) in [5.74, 6) is 1.39. The SMILES string of the molecule is COc1ccc(C23CCN(C(=O)c4ccc(C)c(NC(=O)NC5CCOC5)c4)C[C@H]2C3)cc1. The van der Waals surface area contributed by atoms with Gasteiger partial charge in [0.15, 0.2) is 0 Å². The van der Waals surface area contributed by atoms with E-state index >= 15 is 0 Å². The van der Waals surface area contributed by atoms with Crippen molar-refractivity contribution in [2.24, 2.45) is 5.92 Å². The molecule has 2 aromatic carbocycles. The molecule has 0 spiro atoms. The van der Waals surface area contributed by atoms with Gasteiger partial charge in [0.1, 0.15) is 5.75 Å². The van der Waals surface area contributed by atoms with Crippen LogP contribution in [0.15, 0.2) is 42.5 Å². The number of piperidine rings is 1. The van der Waals surface area contributed by atoms with Gasteiger partial charge in [-0.25, -0.2) is 4.79 Å². The second-order valence-corrected chi connectivity index (χ2v) is 9.48. The predicted molar refractivity (Wildman–Crippen MR) is 126 cm³/mol. The molecule has 2 unspecified atom stereocenters. The van der Waals surface area contributed by atoms with Crippen molar-refractivity contribution in [3.8, 4) is 5.75 Å². The first-order chi connectivity index (χ1) is 16.0. The molecule has 2 N–H and O–H groups in total. The molecule has 3 amide bonds. The lowest BCUT2D eigenvalue weighted by atomic mass is 9.87. The van der Waals surface area contributed by atoms with Gasteiger partial charge in [-0.05, 0) is 67.5 Å². The van der Waals surface area contributed by atoms with E-state index in [1.807, 2.05) is 36.1 Å². The number of amides is 3. The van der Waals surface area contributed by atoms with E-state index in [-0.39, 0.29) is 23.4 Å². The number of anilines is 1. The van der Waals surface area contributed by atoms with E-state index < -0.39 is 0 Å². The quantitative estimate of drug-likeness (QED) is 0.729. The molecule has 1 saturated carbocycles. The average molecular weight is 450 g/mol. The Morgan fingerprint density at radius 1 is 1.18 bits per heavy atom. The number of urea groups is 1. The highest BCUT2D eigenvalue weighted by molar-refractivity contribution is 5.97. The summed E-state index contributed by atoms with van der Waals surface area (Å²) >= 11 is 0. The Labute approximate surface area is 194 Å². The second-order valence-electron chi connectivity index (χ2n) is 9.48. The van der Waals surface area contributed by atoms with Gasteiger partial charge in [0.2, 0.25) is 0 Å². The Hall–Kier alpha value is -3.06. The number of hydrogen-bond acceptors (Lipinski definition) is 4. The van der Waals surface area contributed by atoms with Crippen LogP contribution in [0.4, 0.5) is 10.5 Å². The summed E-state index contributed by atoms with van der Waals surface area (Å²) in [5.41, 5.74) is 3.74. The smallest absolute Gasteiger partial charge is 0.319 e. The van der Waals surface area contributed by atoms with E-state index in [1.54, 1.807) is 13.2 Å². The van der Waals surface area contributed by atoms with E-state index in [2.05, 4.69) is 22.8 Å². The number of fused-ring (bicyclic) bond motifs is 1. The molecule has 2 heterocycles. The lowest BCUT2D eigenvalue weighted by molar-refractivity contribution is 0.0707. The number of carbonyl (C=O) groups is 2. The Morgan fingerprint density at radius 3 is 2.70 bits per heavy atom. The Morgan fingerprint density at radius 2 is 2.00 bits per heavy atom. The molecule has 5 rings (SSSR count). The summed E-state index contributed by atoms with van der Waals surface area (Å²) in [6.07, 6.45) is 2.91. The van der Waals surface area contributed by atoms with Crippen molar-refractivity contribution in [3.63, 3.8) is 0 Å². The third-order valence-electron chi connectivity index (χ3n) is 7.45. The maximum atomic E-state index is 13.3. The summed E-state index contributed by atoms with van der Waals surface area (Å²) < 4.78 is 10.6. The van der Waals surface area contributed by atoms with E-state index in [0.717, 1.165) is 43.7 Å². The van der Waals surface area contributed by atoms with Crippen LogP contribution in [0.3, 0.4) is 0 Å². The fourth-order valence-corrected chi connectivity index (χ4v) is 5.29. The molecule has 0 radical (unpaired) electrons. The number of nitrogens with zero attached hydrogens (tertiary/aromatic N) is 1. The molecule has 3 atom stereocenters. The third-order valence-corrected chi connectivity index (χ3v) is 7.45. The van der Waals surface area contributed by atoms with Crippen LogP contribution in [0.5, 0.6) is 5.75 Å². The van der Waals surface area contributed by atoms with E-state index in [1.165, 1.54) is 5.56 Å². The lowest BCUT2D eigenvalue weighted by Gasteiger charge is -2.32. The van der Waals surface area contributed by atoms with E-state index in [9.17, 15) is 9.59 Å². The number of benzene rings is 2. The van der Waals surface area contributed by atoms with Crippen molar-refractivity contribution in [2.45, 2.75) is 37.6 Å². The van der Waals surface area contributed by atoms with Gasteiger partial charge >= 0.3 is 6.03 Å². The Balaban J connectivity index is 1.23. The van der Waals surface area contributed by atoms with Crippen LogP contribution >= 0.6 is 0 Å². The van der Waals surface area contributed by atoms with Crippen LogP contribution in [0.2, 0.25) is 0 Å². The van der Waals surface area contributed by atoms with Gasteiger partial charge in [0.25, 0.3) is 5.91 Å². The summed E-state index contributed by atoms with van der Waals surface area (Å²) in [5, 5.41) is 5.83. The third kappa shape index (κ3) is 4.29. The highest BCUT2D eigenvalue weighted by Crippen LogP contribution is 2.59. The van der Waals surface area contributed by atoms with E-state index in [0.29, 0.717) is 30.4 Å². The summed E-state index contributed by atoms with van der Waals surface area (Å²) in [6.45, 7) is 4.64. The highest BCUT2D eigenvalue weighted by atomic mass is 16.5. The number of rotatable bonds is 5. The van der Waals surface area contributed by atoms with Crippen LogP contribution < -0.4 is 15.4 Å². The number of methoxy groups -OCH3 is 1. The molecule has 0 bridgehead atoms. The van der Waals surface area contributed by atoms with Gasteiger partial charge in [-0.3, -0.25) is 4.79 Å². The first kappa shape index (κ1) is 21.8. The molecule has 2 saturated heterocycles. The molecule has 2 aromatic rings. The first-order valence-corrected chi connectivity index (χ1v) is 11.7. The number of aryl methyl sites for hydroxylation is 1. The number of nitrogens with one attached hydrogen (secondary N) is 2. The molecule has 33 heavy (non-hydrogen) atoms. The molecule has 7 heteroatoms. The maximum Gasteiger partial charge on any atom is 0.319 e. The molecule has 2 aliphatic heterocycles. The van der Waals surface area contributed by atoms with Gasteiger partial charge in [0, 0.05) is 36.4 Å². The average Bonchev–Trinajstić information content (AvgIpc) is 3.36. The largest absolute Gasteiger partial charge is 0.497 e. The summed E-state index contributed by atoms with van der Waals surface area (Å²) in [7, 11) is 1.68. The molecule has 0 aromatic heterocycles. The fourth-order valence-electron chi connectivity index (χ4n) is 5.29. The molecule has 1 aliphatic carbocycles. The monoisotopic (exact) mass is 449 g/mol. The molecular weight excluding hydrogens is 418 g/mol. The second kappa shape index (κ2) is 8.71. The molecule has 174 valence electrons. The minimum atomic E-state index is -0.265. The first-order valence-electron chi connectivity index (χ1n) is 11.7. The van der Waals surface area contributed by atoms with Crippen molar-refractivity contribution < 1.29 is 19.1 Å².